The second kappa shape index (κ2) is 6.95. The summed E-state index contributed by atoms with van der Waals surface area (Å²) in [6.07, 6.45) is 0. The second-order valence-corrected chi connectivity index (χ2v) is 4.71. The molecule has 2 rings (SSSR count). The van der Waals surface area contributed by atoms with Gasteiger partial charge < -0.3 is 15.4 Å². The summed E-state index contributed by atoms with van der Waals surface area (Å²) in [7, 11) is 1.30. The molecule has 0 aromatic heterocycles. The molecule has 0 bridgehead atoms. The van der Waals surface area contributed by atoms with E-state index in [2.05, 4.69) is 15.4 Å². The van der Waals surface area contributed by atoms with Crippen LogP contribution in [-0.4, -0.2) is 18.2 Å². The van der Waals surface area contributed by atoms with Crippen LogP contribution >= 0.6 is 12.2 Å². The number of anilines is 2. The highest BCUT2D eigenvalue weighted by molar-refractivity contribution is 7.80. The van der Waals surface area contributed by atoms with Crippen LogP contribution in [0.2, 0.25) is 0 Å². The zero-order valence-electron chi connectivity index (χ0n) is 11.5. The fraction of sp³-hybridized carbons (Fsp3) is 0.0667. The number of thiocarbonyl (C=S) groups is 1. The molecule has 0 atom stereocenters. The van der Waals surface area contributed by atoms with Gasteiger partial charge in [0, 0.05) is 17.4 Å². The van der Waals surface area contributed by atoms with E-state index in [1.54, 1.807) is 24.3 Å². The monoisotopic (exact) mass is 322 g/mol. The fourth-order valence-corrected chi connectivity index (χ4v) is 1.96. The molecular formula is C15H12F2N2O2S. The van der Waals surface area contributed by atoms with Crippen LogP contribution in [0.4, 0.5) is 20.2 Å². The first-order valence-corrected chi connectivity index (χ1v) is 6.61. The maximum atomic E-state index is 13.1. The molecule has 0 heterocycles. The average Bonchev–Trinajstić information content (AvgIpc) is 2.46. The number of esters is 1. The van der Waals surface area contributed by atoms with Crippen molar-refractivity contribution >= 4 is 34.7 Å². The van der Waals surface area contributed by atoms with E-state index in [-0.39, 0.29) is 10.8 Å². The van der Waals surface area contributed by atoms with Crippen molar-refractivity contribution < 1.29 is 18.3 Å². The molecule has 22 heavy (non-hydrogen) atoms. The maximum Gasteiger partial charge on any atom is 0.337 e. The van der Waals surface area contributed by atoms with E-state index in [9.17, 15) is 13.6 Å². The van der Waals surface area contributed by atoms with E-state index in [0.717, 1.165) is 18.2 Å². The number of hydrogen-bond acceptors (Lipinski definition) is 3. The van der Waals surface area contributed by atoms with Gasteiger partial charge in [0.05, 0.1) is 12.7 Å². The molecule has 0 aliphatic heterocycles. The minimum Gasteiger partial charge on any atom is -0.465 e. The first-order chi connectivity index (χ1) is 10.5. The topological polar surface area (TPSA) is 50.4 Å². The lowest BCUT2D eigenvalue weighted by Crippen LogP contribution is -2.19. The van der Waals surface area contributed by atoms with Crippen LogP contribution in [0.1, 0.15) is 10.4 Å². The van der Waals surface area contributed by atoms with Gasteiger partial charge in [-0.05, 0) is 48.6 Å². The third-order valence-electron chi connectivity index (χ3n) is 2.68. The first kappa shape index (κ1) is 15.8. The lowest BCUT2D eigenvalue weighted by Gasteiger charge is -2.11. The summed E-state index contributed by atoms with van der Waals surface area (Å²) in [5.74, 6) is -1.84. The van der Waals surface area contributed by atoms with Crippen LogP contribution in [0.5, 0.6) is 0 Å². The normalized spacial score (nSPS) is 9.95. The Labute approximate surface area is 131 Å². The summed E-state index contributed by atoms with van der Waals surface area (Å²) in [6.45, 7) is 0. The molecule has 2 aromatic rings. The van der Waals surface area contributed by atoms with E-state index in [4.69, 9.17) is 12.2 Å². The Morgan fingerprint density at radius 3 is 2.09 bits per heavy atom. The Balaban J connectivity index is 2.01. The van der Waals surface area contributed by atoms with E-state index in [0.29, 0.717) is 11.3 Å². The van der Waals surface area contributed by atoms with Crippen LogP contribution in [0, 0.1) is 11.6 Å². The molecule has 0 radical (unpaired) electrons. The summed E-state index contributed by atoms with van der Waals surface area (Å²) in [4.78, 5) is 11.3. The predicted octanol–water partition coefficient (Wildman–Crippen LogP) is 3.56. The highest BCUT2D eigenvalue weighted by Crippen LogP contribution is 2.14. The molecule has 114 valence electrons. The van der Waals surface area contributed by atoms with Crippen molar-refractivity contribution in [1.82, 2.24) is 0 Å². The molecule has 4 nitrogen and oxygen atoms in total. The van der Waals surface area contributed by atoms with Gasteiger partial charge in [-0.1, -0.05) is 0 Å². The summed E-state index contributed by atoms with van der Waals surface area (Å²) >= 11 is 5.05. The molecule has 2 aromatic carbocycles. The maximum absolute atomic E-state index is 13.1. The number of carbonyl (C=O) groups excluding carboxylic acids is 1. The average molecular weight is 322 g/mol. The van der Waals surface area contributed by atoms with Crippen LogP contribution in [0.25, 0.3) is 0 Å². The summed E-state index contributed by atoms with van der Waals surface area (Å²) in [5.41, 5.74) is 1.21. The van der Waals surface area contributed by atoms with Gasteiger partial charge >= 0.3 is 5.97 Å². The minimum absolute atomic E-state index is 0.163. The Morgan fingerprint density at radius 1 is 1.00 bits per heavy atom. The van der Waals surface area contributed by atoms with E-state index < -0.39 is 17.6 Å². The SMILES string of the molecule is COC(=O)c1ccc(NC(=S)Nc2cc(F)cc(F)c2)cc1. The molecular weight excluding hydrogens is 310 g/mol. The van der Waals surface area contributed by atoms with Gasteiger partial charge in [0.2, 0.25) is 0 Å². The third-order valence-corrected chi connectivity index (χ3v) is 2.89. The van der Waals surface area contributed by atoms with Crippen LogP contribution in [0.15, 0.2) is 42.5 Å². The van der Waals surface area contributed by atoms with Crippen molar-refractivity contribution in [2.24, 2.45) is 0 Å². The van der Waals surface area contributed by atoms with Crippen molar-refractivity contribution in [3.05, 3.63) is 59.7 Å². The van der Waals surface area contributed by atoms with Gasteiger partial charge in [-0.3, -0.25) is 0 Å². The molecule has 2 N–H and O–H groups in total. The molecule has 0 spiro atoms. The van der Waals surface area contributed by atoms with Gasteiger partial charge in [-0.15, -0.1) is 0 Å². The highest BCUT2D eigenvalue weighted by atomic mass is 32.1. The van der Waals surface area contributed by atoms with Gasteiger partial charge in [-0.25, -0.2) is 13.6 Å². The molecule has 0 saturated carbocycles. The van der Waals surface area contributed by atoms with E-state index in [1.165, 1.54) is 7.11 Å². The number of ether oxygens (including phenoxy) is 1. The summed E-state index contributed by atoms with van der Waals surface area (Å²) < 4.78 is 30.7. The first-order valence-electron chi connectivity index (χ1n) is 6.20. The zero-order valence-corrected chi connectivity index (χ0v) is 12.3. The quantitative estimate of drug-likeness (QED) is 0.668. The smallest absolute Gasteiger partial charge is 0.337 e. The fourth-order valence-electron chi connectivity index (χ4n) is 1.73. The van der Waals surface area contributed by atoms with Crippen molar-refractivity contribution in [1.29, 1.82) is 0 Å². The molecule has 0 amide bonds. The van der Waals surface area contributed by atoms with Crippen molar-refractivity contribution in [2.75, 3.05) is 17.7 Å². The molecule has 0 saturated heterocycles. The number of halogens is 2. The van der Waals surface area contributed by atoms with E-state index in [1.807, 2.05) is 0 Å². The molecule has 0 fully saturated rings. The minimum atomic E-state index is -0.701. The van der Waals surface area contributed by atoms with Gasteiger partial charge in [0.25, 0.3) is 0 Å². The molecule has 0 unspecified atom stereocenters. The predicted molar refractivity (Wildman–Crippen MR) is 84.0 cm³/mol. The van der Waals surface area contributed by atoms with Crippen LogP contribution < -0.4 is 10.6 Å². The van der Waals surface area contributed by atoms with Crippen molar-refractivity contribution in [3.63, 3.8) is 0 Å². The number of rotatable bonds is 3. The number of benzene rings is 2. The lowest BCUT2D eigenvalue weighted by molar-refractivity contribution is 0.0601. The highest BCUT2D eigenvalue weighted by Gasteiger charge is 2.06. The standard InChI is InChI=1S/C15H12F2N2O2S/c1-21-14(20)9-2-4-12(5-3-9)18-15(22)19-13-7-10(16)6-11(17)8-13/h2-8H,1H3,(H2,18,19,22). The summed E-state index contributed by atoms with van der Waals surface area (Å²) in [6, 6.07) is 9.41. The Kier molecular flexibility index (Phi) is 5.00. The zero-order chi connectivity index (χ0) is 16.1. The molecule has 0 aliphatic carbocycles. The molecule has 7 heteroatoms. The Bertz CT molecular complexity index is 685. The van der Waals surface area contributed by atoms with Gasteiger partial charge in [0.15, 0.2) is 5.11 Å². The summed E-state index contributed by atoms with van der Waals surface area (Å²) in [5, 5.41) is 5.67. The van der Waals surface area contributed by atoms with E-state index >= 15 is 0 Å². The Hall–Kier alpha value is -2.54. The Morgan fingerprint density at radius 2 is 1.55 bits per heavy atom. The lowest BCUT2D eigenvalue weighted by atomic mass is 10.2. The third kappa shape index (κ3) is 4.23. The second-order valence-electron chi connectivity index (χ2n) is 4.31. The van der Waals surface area contributed by atoms with Crippen LogP contribution in [-0.2, 0) is 4.74 Å². The van der Waals surface area contributed by atoms with Crippen LogP contribution in [0.3, 0.4) is 0 Å². The van der Waals surface area contributed by atoms with Gasteiger partial charge in [0.1, 0.15) is 11.6 Å². The number of nitrogens with one attached hydrogen (secondary N) is 2. The number of methoxy groups -OCH3 is 1. The van der Waals surface area contributed by atoms with Gasteiger partial charge in [-0.2, -0.15) is 0 Å². The number of hydrogen-bond donors (Lipinski definition) is 2. The van der Waals surface area contributed by atoms with Crippen molar-refractivity contribution in [3.8, 4) is 0 Å². The molecule has 0 aliphatic rings. The van der Waals surface area contributed by atoms with Crippen molar-refractivity contribution in [2.45, 2.75) is 0 Å². The largest absolute Gasteiger partial charge is 0.465 e. The number of carbonyl (C=O) groups is 1.